The van der Waals surface area contributed by atoms with Crippen LogP contribution < -0.4 is 10.5 Å². The molecule has 0 aliphatic carbocycles. The van der Waals surface area contributed by atoms with Crippen molar-refractivity contribution >= 4 is 5.69 Å². The predicted molar refractivity (Wildman–Crippen MR) is 62.9 cm³/mol. The van der Waals surface area contributed by atoms with E-state index < -0.39 is 17.9 Å². The molecule has 2 rings (SSSR count). The Morgan fingerprint density at radius 3 is 2.42 bits per heavy atom. The van der Waals surface area contributed by atoms with E-state index in [1.54, 1.807) is 0 Å². The van der Waals surface area contributed by atoms with Crippen LogP contribution in [0.3, 0.4) is 0 Å². The molecule has 0 spiro atoms. The van der Waals surface area contributed by atoms with E-state index in [1.165, 1.54) is 24.3 Å². The third-order valence-electron chi connectivity index (χ3n) is 2.37. The second-order valence-corrected chi connectivity index (χ2v) is 3.81. The largest absolute Gasteiger partial charge is 0.573 e. The van der Waals surface area contributed by atoms with Crippen LogP contribution in [0, 0.1) is 5.82 Å². The van der Waals surface area contributed by atoms with Gasteiger partial charge in [0.15, 0.2) is 0 Å². The number of benzene rings is 2. The second-order valence-electron chi connectivity index (χ2n) is 3.81. The SMILES string of the molecule is Nc1ccc(F)c(-c2cccc(OC(F)(F)F)c2)c1. The second kappa shape index (κ2) is 4.79. The highest BCUT2D eigenvalue weighted by Crippen LogP contribution is 2.30. The molecule has 0 aliphatic heterocycles. The van der Waals surface area contributed by atoms with E-state index in [4.69, 9.17) is 5.73 Å². The third-order valence-corrected chi connectivity index (χ3v) is 2.37. The van der Waals surface area contributed by atoms with Crippen molar-refractivity contribution in [1.82, 2.24) is 0 Å². The van der Waals surface area contributed by atoms with E-state index >= 15 is 0 Å². The summed E-state index contributed by atoms with van der Waals surface area (Å²) in [4.78, 5) is 0. The van der Waals surface area contributed by atoms with Gasteiger partial charge in [-0.1, -0.05) is 12.1 Å². The molecule has 2 aromatic rings. The zero-order valence-electron chi connectivity index (χ0n) is 9.54. The van der Waals surface area contributed by atoms with Crippen LogP contribution in [0.1, 0.15) is 0 Å². The zero-order chi connectivity index (χ0) is 14.0. The van der Waals surface area contributed by atoms with Crippen molar-refractivity contribution in [2.24, 2.45) is 0 Å². The summed E-state index contributed by atoms with van der Waals surface area (Å²) < 4.78 is 53.7. The lowest BCUT2D eigenvalue weighted by molar-refractivity contribution is -0.274. The van der Waals surface area contributed by atoms with Crippen molar-refractivity contribution in [1.29, 1.82) is 0 Å². The molecule has 6 heteroatoms. The van der Waals surface area contributed by atoms with Crippen LogP contribution in [-0.2, 0) is 0 Å². The Bertz CT molecular complexity index is 595. The summed E-state index contributed by atoms with van der Waals surface area (Å²) in [6.45, 7) is 0. The maximum Gasteiger partial charge on any atom is 0.573 e. The van der Waals surface area contributed by atoms with Gasteiger partial charge in [0.1, 0.15) is 11.6 Å². The Hall–Kier alpha value is -2.24. The van der Waals surface area contributed by atoms with Crippen molar-refractivity contribution < 1.29 is 22.3 Å². The fourth-order valence-electron chi connectivity index (χ4n) is 1.62. The minimum atomic E-state index is -4.78. The number of alkyl halides is 3. The number of anilines is 1. The molecule has 2 aromatic carbocycles. The van der Waals surface area contributed by atoms with Gasteiger partial charge in [-0.05, 0) is 35.9 Å². The van der Waals surface area contributed by atoms with E-state index in [9.17, 15) is 17.6 Å². The van der Waals surface area contributed by atoms with E-state index in [0.29, 0.717) is 5.69 Å². The molecule has 0 fully saturated rings. The van der Waals surface area contributed by atoms with Crippen molar-refractivity contribution in [3.05, 3.63) is 48.3 Å². The predicted octanol–water partition coefficient (Wildman–Crippen LogP) is 3.97. The first-order valence-electron chi connectivity index (χ1n) is 5.26. The first-order valence-corrected chi connectivity index (χ1v) is 5.26. The first kappa shape index (κ1) is 13.2. The summed E-state index contributed by atoms with van der Waals surface area (Å²) in [5.74, 6) is -0.981. The van der Waals surface area contributed by atoms with Gasteiger partial charge in [0.25, 0.3) is 0 Å². The van der Waals surface area contributed by atoms with E-state index in [1.807, 2.05) is 0 Å². The van der Waals surface area contributed by atoms with Crippen molar-refractivity contribution in [3.63, 3.8) is 0 Å². The molecule has 0 atom stereocenters. The smallest absolute Gasteiger partial charge is 0.406 e. The summed E-state index contributed by atoms with van der Waals surface area (Å²) in [6.07, 6.45) is -4.78. The van der Waals surface area contributed by atoms with Crippen LogP contribution in [-0.4, -0.2) is 6.36 Å². The molecule has 2 N–H and O–H groups in total. The minimum absolute atomic E-state index is 0.118. The summed E-state index contributed by atoms with van der Waals surface area (Å²) >= 11 is 0. The minimum Gasteiger partial charge on any atom is -0.406 e. The standard InChI is InChI=1S/C13H9F4NO/c14-12-5-4-9(18)7-11(12)8-2-1-3-10(6-8)19-13(15,16)17/h1-7H,18H2. The highest BCUT2D eigenvalue weighted by atomic mass is 19.4. The molecule has 0 saturated heterocycles. The molecule has 0 aromatic heterocycles. The fourth-order valence-corrected chi connectivity index (χ4v) is 1.62. The number of halogens is 4. The number of nitrogens with two attached hydrogens (primary N) is 1. The lowest BCUT2D eigenvalue weighted by atomic mass is 10.0. The highest BCUT2D eigenvalue weighted by molar-refractivity contribution is 5.69. The van der Waals surface area contributed by atoms with E-state index in [2.05, 4.69) is 4.74 Å². The topological polar surface area (TPSA) is 35.2 Å². The molecule has 0 radical (unpaired) electrons. The molecule has 2 nitrogen and oxygen atoms in total. The van der Waals surface area contributed by atoms with Crippen LogP contribution in [0.5, 0.6) is 5.75 Å². The lowest BCUT2D eigenvalue weighted by Crippen LogP contribution is -2.17. The number of hydrogen-bond donors (Lipinski definition) is 1. The van der Waals surface area contributed by atoms with Crippen LogP contribution in [0.15, 0.2) is 42.5 Å². The zero-order valence-corrected chi connectivity index (χ0v) is 9.54. The molecule has 19 heavy (non-hydrogen) atoms. The van der Waals surface area contributed by atoms with Crippen LogP contribution in [0.25, 0.3) is 11.1 Å². The fraction of sp³-hybridized carbons (Fsp3) is 0.0769. The summed E-state index contributed by atoms with van der Waals surface area (Å²) in [5, 5.41) is 0. The Balaban J connectivity index is 2.40. The Labute approximate surface area is 106 Å². The van der Waals surface area contributed by atoms with Gasteiger partial charge < -0.3 is 10.5 Å². The van der Waals surface area contributed by atoms with Gasteiger partial charge in [0.2, 0.25) is 0 Å². The normalized spacial score (nSPS) is 11.4. The lowest BCUT2D eigenvalue weighted by Gasteiger charge is -2.10. The quantitative estimate of drug-likeness (QED) is 0.662. The van der Waals surface area contributed by atoms with Crippen LogP contribution >= 0.6 is 0 Å². The third kappa shape index (κ3) is 3.37. The van der Waals surface area contributed by atoms with Gasteiger partial charge in [-0.15, -0.1) is 13.2 Å². The van der Waals surface area contributed by atoms with Gasteiger partial charge in [0.05, 0.1) is 0 Å². The monoisotopic (exact) mass is 271 g/mol. The molecule has 0 heterocycles. The molecule has 0 aliphatic rings. The molecule has 0 unspecified atom stereocenters. The van der Waals surface area contributed by atoms with Crippen molar-refractivity contribution in [2.75, 3.05) is 5.73 Å². The summed E-state index contributed by atoms with van der Waals surface area (Å²) in [7, 11) is 0. The van der Waals surface area contributed by atoms with Gasteiger partial charge in [-0.2, -0.15) is 0 Å². The molecule has 0 bridgehead atoms. The van der Waals surface area contributed by atoms with Gasteiger partial charge in [-0.3, -0.25) is 0 Å². The Kier molecular flexibility index (Phi) is 3.33. The maximum absolute atomic E-state index is 13.6. The molecule has 100 valence electrons. The van der Waals surface area contributed by atoms with E-state index in [-0.39, 0.29) is 11.1 Å². The first-order chi connectivity index (χ1) is 8.85. The number of rotatable bonds is 2. The molecule has 0 saturated carbocycles. The van der Waals surface area contributed by atoms with Crippen molar-refractivity contribution in [3.8, 4) is 16.9 Å². The number of hydrogen-bond acceptors (Lipinski definition) is 2. The van der Waals surface area contributed by atoms with Gasteiger partial charge in [0, 0.05) is 11.3 Å². The van der Waals surface area contributed by atoms with E-state index in [0.717, 1.165) is 18.2 Å². The molecular formula is C13H9F4NO. The van der Waals surface area contributed by atoms with Gasteiger partial charge >= 0.3 is 6.36 Å². The summed E-state index contributed by atoms with van der Waals surface area (Å²) in [5.41, 5.74) is 6.22. The molecular weight excluding hydrogens is 262 g/mol. The molecule has 0 amide bonds. The Morgan fingerprint density at radius 1 is 1.00 bits per heavy atom. The average molecular weight is 271 g/mol. The van der Waals surface area contributed by atoms with Gasteiger partial charge in [-0.25, -0.2) is 4.39 Å². The Morgan fingerprint density at radius 2 is 1.74 bits per heavy atom. The van der Waals surface area contributed by atoms with Crippen molar-refractivity contribution in [2.45, 2.75) is 6.36 Å². The summed E-state index contributed by atoms with van der Waals surface area (Å²) in [6, 6.07) is 8.94. The number of nitrogen functional groups attached to an aromatic ring is 1. The number of ether oxygens (including phenoxy) is 1. The average Bonchev–Trinajstić information content (AvgIpc) is 2.30. The van der Waals surface area contributed by atoms with Crippen LogP contribution in [0.4, 0.5) is 23.2 Å². The maximum atomic E-state index is 13.6. The highest BCUT2D eigenvalue weighted by Gasteiger charge is 2.31. The van der Waals surface area contributed by atoms with Crippen LogP contribution in [0.2, 0.25) is 0 Å².